The van der Waals surface area contributed by atoms with Gasteiger partial charge in [-0.3, -0.25) is 0 Å². The lowest BCUT2D eigenvalue weighted by atomic mass is 9.96. The van der Waals surface area contributed by atoms with E-state index in [1.807, 2.05) is 18.4 Å². The highest BCUT2D eigenvalue weighted by Crippen LogP contribution is 2.39. The number of aromatic nitrogens is 1. The maximum absolute atomic E-state index is 4.84. The van der Waals surface area contributed by atoms with Gasteiger partial charge in [0.15, 0.2) is 5.13 Å². The van der Waals surface area contributed by atoms with Gasteiger partial charge in [0, 0.05) is 24.0 Å². The topological polar surface area (TPSA) is 28.2 Å². The number of aryl methyl sites for hydroxylation is 1. The molecule has 1 saturated carbocycles. The fraction of sp³-hybridized carbons (Fsp3) is 0.800. The third kappa shape index (κ3) is 2.65. The molecule has 1 unspecified atom stereocenters. The molecule has 0 spiro atoms. The van der Waals surface area contributed by atoms with E-state index in [1.54, 1.807) is 0 Å². The van der Waals surface area contributed by atoms with Crippen LogP contribution in [0.15, 0.2) is 0 Å². The Morgan fingerprint density at radius 2 is 2.05 bits per heavy atom. The highest BCUT2D eigenvalue weighted by atomic mass is 32.1. The van der Waals surface area contributed by atoms with Gasteiger partial charge < -0.3 is 10.2 Å². The van der Waals surface area contributed by atoms with Crippen molar-refractivity contribution < 1.29 is 0 Å². The fourth-order valence-corrected chi connectivity index (χ4v) is 4.88. The molecule has 1 aromatic rings. The van der Waals surface area contributed by atoms with E-state index >= 15 is 0 Å². The van der Waals surface area contributed by atoms with E-state index in [-0.39, 0.29) is 0 Å². The van der Waals surface area contributed by atoms with Crippen LogP contribution in [0.4, 0.5) is 5.13 Å². The second-order valence-electron chi connectivity index (χ2n) is 5.98. The van der Waals surface area contributed by atoms with Gasteiger partial charge in [-0.05, 0) is 45.6 Å². The number of nitrogens with one attached hydrogen (secondary N) is 1. The highest BCUT2D eigenvalue weighted by molar-refractivity contribution is 7.15. The van der Waals surface area contributed by atoms with Crippen molar-refractivity contribution in [2.24, 2.45) is 5.92 Å². The molecule has 1 N–H and O–H groups in total. The van der Waals surface area contributed by atoms with Gasteiger partial charge in [-0.15, -0.1) is 11.3 Å². The van der Waals surface area contributed by atoms with Crippen LogP contribution in [0, 0.1) is 12.8 Å². The van der Waals surface area contributed by atoms with Crippen LogP contribution in [0.1, 0.15) is 49.1 Å². The molecule has 4 heteroatoms. The summed E-state index contributed by atoms with van der Waals surface area (Å²) >= 11 is 1.90. The molecule has 0 radical (unpaired) electrons. The van der Waals surface area contributed by atoms with Crippen LogP contribution in [-0.2, 0) is 6.54 Å². The van der Waals surface area contributed by atoms with Crippen LogP contribution < -0.4 is 10.2 Å². The molecule has 3 rings (SSSR count). The molecule has 1 atom stereocenters. The monoisotopic (exact) mass is 279 g/mol. The fourth-order valence-electron chi connectivity index (χ4n) is 3.72. The third-order valence-corrected chi connectivity index (χ3v) is 5.90. The Bertz CT molecular complexity index is 423. The van der Waals surface area contributed by atoms with E-state index in [2.05, 4.69) is 17.1 Å². The minimum absolute atomic E-state index is 0.774. The summed E-state index contributed by atoms with van der Waals surface area (Å²) in [5.41, 5.74) is 1.21. The Hall–Kier alpha value is -0.610. The lowest BCUT2D eigenvalue weighted by Crippen LogP contribution is -2.34. The molecular formula is C15H25N3S. The van der Waals surface area contributed by atoms with E-state index in [1.165, 1.54) is 60.8 Å². The Kier molecular flexibility index (Phi) is 4.08. The molecular weight excluding hydrogens is 254 g/mol. The van der Waals surface area contributed by atoms with E-state index in [0.29, 0.717) is 0 Å². The molecule has 1 aliphatic heterocycles. The quantitative estimate of drug-likeness (QED) is 0.916. The molecule has 0 amide bonds. The summed E-state index contributed by atoms with van der Waals surface area (Å²) in [5.74, 6) is 0.930. The molecule has 1 aliphatic carbocycles. The number of thiazole rings is 1. The lowest BCUT2D eigenvalue weighted by molar-refractivity contribution is 0.430. The summed E-state index contributed by atoms with van der Waals surface area (Å²) < 4.78 is 0. The molecule has 19 heavy (non-hydrogen) atoms. The molecule has 0 aromatic carbocycles. The molecule has 3 nitrogen and oxygen atoms in total. The molecule has 106 valence electrons. The third-order valence-electron chi connectivity index (χ3n) is 4.71. The first-order chi connectivity index (χ1) is 9.29. The summed E-state index contributed by atoms with van der Waals surface area (Å²) in [6.07, 6.45) is 8.49. The van der Waals surface area contributed by atoms with Crippen molar-refractivity contribution in [3.63, 3.8) is 0 Å². The van der Waals surface area contributed by atoms with Crippen molar-refractivity contribution in [1.29, 1.82) is 0 Å². The zero-order valence-electron chi connectivity index (χ0n) is 12.1. The molecule has 2 heterocycles. The Morgan fingerprint density at radius 3 is 2.79 bits per heavy atom. The van der Waals surface area contributed by atoms with Gasteiger partial charge in [0.05, 0.1) is 5.69 Å². The minimum atomic E-state index is 0.774. The summed E-state index contributed by atoms with van der Waals surface area (Å²) in [7, 11) is 2.01. The van der Waals surface area contributed by atoms with Crippen LogP contribution in [0.5, 0.6) is 0 Å². The normalized spacial score (nSPS) is 24.5. The second kappa shape index (κ2) is 5.80. The maximum Gasteiger partial charge on any atom is 0.186 e. The van der Waals surface area contributed by atoms with Gasteiger partial charge in [0.1, 0.15) is 0 Å². The van der Waals surface area contributed by atoms with Crippen LogP contribution in [-0.4, -0.2) is 24.6 Å². The van der Waals surface area contributed by atoms with Crippen LogP contribution >= 0.6 is 11.3 Å². The first-order valence-electron chi connectivity index (χ1n) is 7.67. The van der Waals surface area contributed by atoms with Gasteiger partial charge in [-0.1, -0.05) is 12.8 Å². The number of anilines is 1. The van der Waals surface area contributed by atoms with Gasteiger partial charge >= 0.3 is 0 Å². The molecule has 2 fully saturated rings. The number of rotatable bonds is 4. The maximum atomic E-state index is 4.84. The van der Waals surface area contributed by atoms with Crippen molar-refractivity contribution in [2.45, 2.75) is 58.0 Å². The van der Waals surface area contributed by atoms with Gasteiger partial charge in [0.25, 0.3) is 0 Å². The second-order valence-corrected chi connectivity index (χ2v) is 7.04. The van der Waals surface area contributed by atoms with E-state index in [0.717, 1.165) is 18.5 Å². The molecule has 2 aliphatic rings. The Morgan fingerprint density at radius 1 is 1.26 bits per heavy atom. The summed E-state index contributed by atoms with van der Waals surface area (Å²) in [5, 5.41) is 4.52. The van der Waals surface area contributed by atoms with Crippen molar-refractivity contribution in [1.82, 2.24) is 10.3 Å². The first kappa shape index (κ1) is 13.4. The molecule has 1 aromatic heterocycles. The largest absolute Gasteiger partial charge is 0.345 e. The Balaban J connectivity index is 1.77. The summed E-state index contributed by atoms with van der Waals surface area (Å²) in [4.78, 5) is 8.85. The standard InChI is InChI=1S/C15H25N3S/c1-11-14(10-16-2)19-15(17-11)18-9-5-8-13(18)12-6-3-4-7-12/h12-13,16H,3-10H2,1-2H3. The van der Waals surface area contributed by atoms with E-state index < -0.39 is 0 Å². The van der Waals surface area contributed by atoms with Crippen molar-refractivity contribution in [3.8, 4) is 0 Å². The van der Waals surface area contributed by atoms with Gasteiger partial charge in [-0.25, -0.2) is 4.98 Å². The molecule has 0 bridgehead atoms. The highest BCUT2D eigenvalue weighted by Gasteiger charge is 2.34. The van der Waals surface area contributed by atoms with Crippen LogP contribution in [0.2, 0.25) is 0 Å². The van der Waals surface area contributed by atoms with Crippen molar-refractivity contribution >= 4 is 16.5 Å². The van der Waals surface area contributed by atoms with Gasteiger partial charge in [0.2, 0.25) is 0 Å². The van der Waals surface area contributed by atoms with E-state index in [9.17, 15) is 0 Å². The minimum Gasteiger partial charge on any atom is -0.345 e. The first-order valence-corrected chi connectivity index (χ1v) is 8.49. The summed E-state index contributed by atoms with van der Waals surface area (Å²) in [6, 6.07) is 0.774. The SMILES string of the molecule is CNCc1sc(N2CCCC2C2CCCC2)nc1C. The lowest BCUT2D eigenvalue weighted by Gasteiger charge is -2.29. The van der Waals surface area contributed by atoms with Crippen LogP contribution in [0.3, 0.4) is 0 Å². The smallest absolute Gasteiger partial charge is 0.186 e. The molecule has 1 saturated heterocycles. The average molecular weight is 279 g/mol. The van der Waals surface area contributed by atoms with Crippen LogP contribution in [0.25, 0.3) is 0 Å². The number of nitrogens with zero attached hydrogens (tertiary/aromatic N) is 2. The summed E-state index contributed by atoms with van der Waals surface area (Å²) in [6.45, 7) is 4.31. The zero-order chi connectivity index (χ0) is 13.2. The van der Waals surface area contributed by atoms with E-state index in [4.69, 9.17) is 4.98 Å². The van der Waals surface area contributed by atoms with Gasteiger partial charge in [-0.2, -0.15) is 0 Å². The average Bonchev–Trinajstić information content (AvgIpc) is 3.09. The van der Waals surface area contributed by atoms with Crippen molar-refractivity contribution in [2.75, 3.05) is 18.5 Å². The zero-order valence-corrected chi connectivity index (χ0v) is 12.9. The Labute approximate surface area is 120 Å². The predicted molar refractivity (Wildman–Crippen MR) is 81.9 cm³/mol. The predicted octanol–water partition coefficient (Wildman–Crippen LogP) is 3.33. The number of hydrogen-bond donors (Lipinski definition) is 1. The number of hydrogen-bond acceptors (Lipinski definition) is 4. The van der Waals surface area contributed by atoms with Crippen molar-refractivity contribution in [3.05, 3.63) is 10.6 Å².